The van der Waals surface area contributed by atoms with Crippen molar-refractivity contribution in [1.82, 2.24) is 19.7 Å². The fourth-order valence-electron chi connectivity index (χ4n) is 4.17. The molecular weight excluding hydrogens is 454 g/mol. The third-order valence-electron chi connectivity index (χ3n) is 6.01. The molecule has 3 heterocycles. The molecule has 7 nitrogen and oxygen atoms in total. The molecule has 1 amide bonds. The van der Waals surface area contributed by atoms with Gasteiger partial charge in [0.2, 0.25) is 0 Å². The number of rotatable bonds is 6. The zero-order valence-electron chi connectivity index (χ0n) is 18.3. The smallest absolute Gasteiger partial charge is 0.253 e. The third kappa shape index (κ3) is 4.90. The van der Waals surface area contributed by atoms with Gasteiger partial charge in [-0.2, -0.15) is 5.10 Å². The maximum absolute atomic E-state index is 13.0. The summed E-state index contributed by atoms with van der Waals surface area (Å²) in [5, 5.41) is 15.1. The molecule has 0 radical (unpaired) electrons. The van der Waals surface area contributed by atoms with Crippen LogP contribution < -0.4 is 4.72 Å². The molecule has 1 aliphatic heterocycles. The predicted molar refractivity (Wildman–Crippen MR) is 133 cm³/mol. The second-order valence-electron chi connectivity index (χ2n) is 8.45. The number of para-hydroxylation sites is 1. The van der Waals surface area contributed by atoms with E-state index in [2.05, 4.69) is 20.9 Å². The Labute approximate surface area is 200 Å². The van der Waals surface area contributed by atoms with E-state index in [1.165, 1.54) is 11.9 Å². The Morgan fingerprint density at radius 2 is 2.00 bits per heavy atom. The van der Waals surface area contributed by atoms with Gasteiger partial charge in [-0.3, -0.25) is 9.48 Å². The number of benzene rings is 2. The Hall–Kier alpha value is -2.88. The number of fused-ring (bicyclic) bond motifs is 1. The minimum Gasteiger partial charge on any atom is -0.389 e. The van der Waals surface area contributed by atoms with Gasteiger partial charge >= 0.3 is 0 Å². The minimum atomic E-state index is -0.787. The number of nitrogens with zero attached hydrogens (tertiary/aromatic N) is 4. The van der Waals surface area contributed by atoms with Gasteiger partial charge in [0.25, 0.3) is 5.91 Å². The van der Waals surface area contributed by atoms with Crippen molar-refractivity contribution >= 4 is 45.1 Å². The van der Waals surface area contributed by atoms with Gasteiger partial charge in [-0.15, -0.1) is 11.3 Å². The lowest BCUT2D eigenvalue weighted by molar-refractivity contribution is -0.0162. The SMILES string of the molecule is Cn1cc(CC2(O)CCN(C(=O)c3ccc(NSc4cccc5scnc45)cc3)CC2)cn1. The third-order valence-corrected chi connectivity index (χ3v) is 7.69. The molecule has 1 aliphatic rings. The molecule has 0 bridgehead atoms. The summed E-state index contributed by atoms with van der Waals surface area (Å²) in [5.74, 6) is 0.00451. The fourth-order valence-corrected chi connectivity index (χ4v) is 5.70. The molecule has 2 N–H and O–H groups in total. The fraction of sp³-hybridized carbons (Fsp3) is 0.292. The van der Waals surface area contributed by atoms with Crippen LogP contribution in [0.2, 0.25) is 0 Å². The summed E-state index contributed by atoms with van der Waals surface area (Å²) < 4.78 is 6.25. The Morgan fingerprint density at radius 1 is 1.21 bits per heavy atom. The summed E-state index contributed by atoms with van der Waals surface area (Å²) in [4.78, 5) is 20.3. The number of piperidine rings is 1. The van der Waals surface area contributed by atoms with Crippen molar-refractivity contribution in [3.63, 3.8) is 0 Å². The first-order chi connectivity index (χ1) is 16.0. The number of hydrogen-bond acceptors (Lipinski definition) is 7. The van der Waals surface area contributed by atoms with Crippen LogP contribution in [0.1, 0.15) is 28.8 Å². The lowest BCUT2D eigenvalue weighted by Crippen LogP contribution is -2.47. The first-order valence-corrected chi connectivity index (χ1v) is 12.5. The Balaban J connectivity index is 1.16. The first-order valence-electron chi connectivity index (χ1n) is 10.8. The number of anilines is 1. The van der Waals surface area contributed by atoms with Crippen molar-refractivity contribution in [1.29, 1.82) is 0 Å². The van der Waals surface area contributed by atoms with Crippen molar-refractivity contribution < 1.29 is 9.90 Å². The molecule has 9 heteroatoms. The number of carbonyl (C=O) groups is 1. The maximum Gasteiger partial charge on any atom is 0.253 e. The Bertz CT molecular complexity index is 1260. The number of aromatic nitrogens is 3. The summed E-state index contributed by atoms with van der Waals surface area (Å²) >= 11 is 3.15. The first kappa shape index (κ1) is 21.9. The van der Waals surface area contributed by atoms with E-state index in [0.29, 0.717) is 37.9 Å². The Kier molecular flexibility index (Phi) is 6.09. The highest BCUT2D eigenvalue weighted by Crippen LogP contribution is 2.30. The van der Waals surface area contributed by atoms with Gasteiger partial charge in [0.15, 0.2) is 0 Å². The van der Waals surface area contributed by atoms with E-state index in [-0.39, 0.29) is 5.91 Å². The molecule has 0 unspecified atom stereocenters. The number of aryl methyl sites for hydroxylation is 1. The van der Waals surface area contributed by atoms with E-state index in [4.69, 9.17) is 0 Å². The Morgan fingerprint density at radius 3 is 2.73 bits per heavy atom. The molecule has 0 aliphatic carbocycles. The van der Waals surface area contributed by atoms with E-state index < -0.39 is 5.60 Å². The van der Waals surface area contributed by atoms with E-state index in [0.717, 1.165) is 26.4 Å². The second-order valence-corrected chi connectivity index (χ2v) is 10.2. The summed E-state index contributed by atoms with van der Waals surface area (Å²) in [6, 6.07) is 13.7. The van der Waals surface area contributed by atoms with Gasteiger partial charge in [0, 0.05) is 44.0 Å². The zero-order chi connectivity index (χ0) is 22.8. The highest BCUT2D eigenvalue weighted by molar-refractivity contribution is 8.00. The van der Waals surface area contributed by atoms with Crippen LogP contribution in [0.4, 0.5) is 5.69 Å². The van der Waals surface area contributed by atoms with E-state index >= 15 is 0 Å². The summed E-state index contributed by atoms with van der Waals surface area (Å²) in [5.41, 5.74) is 4.67. The zero-order valence-corrected chi connectivity index (χ0v) is 19.9. The van der Waals surface area contributed by atoms with Gasteiger partial charge in [0.1, 0.15) is 0 Å². The van der Waals surface area contributed by atoms with Crippen LogP contribution >= 0.6 is 23.3 Å². The molecule has 170 valence electrons. The van der Waals surface area contributed by atoms with Crippen LogP contribution in [0.15, 0.2) is 65.3 Å². The number of nitrogens with one attached hydrogen (secondary N) is 1. The van der Waals surface area contributed by atoms with Crippen molar-refractivity contribution in [2.75, 3.05) is 17.8 Å². The standard InChI is InChI=1S/C24H25N5O2S2/c1-28-15-17(14-26-28)13-24(31)9-11-29(12-10-24)23(30)18-5-7-19(8-6-18)27-33-21-4-2-3-20-22(21)25-16-32-20/h2-8,14-16,27,31H,9-13H2,1H3. The predicted octanol–water partition coefficient (Wildman–Crippen LogP) is 4.36. The monoisotopic (exact) mass is 479 g/mol. The number of carbonyl (C=O) groups excluding carboxylic acids is 1. The number of hydrogen-bond donors (Lipinski definition) is 2. The number of likely N-dealkylation sites (tertiary alicyclic amines) is 1. The van der Waals surface area contributed by atoms with Crippen LogP contribution in [-0.2, 0) is 13.5 Å². The van der Waals surface area contributed by atoms with Crippen LogP contribution in [0.25, 0.3) is 10.2 Å². The second kappa shape index (κ2) is 9.17. The molecule has 0 spiro atoms. The molecule has 2 aromatic heterocycles. The number of thiazole rings is 1. The maximum atomic E-state index is 13.0. The highest BCUT2D eigenvalue weighted by atomic mass is 32.2. The summed E-state index contributed by atoms with van der Waals surface area (Å²) in [6.45, 7) is 1.09. The lowest BCUT2D eigenvalue weighted by atomic mass is 9.86. The van der Waals surface area contributed by atoms with Gasteiger partial charge < -0.3 is 14.7 Å². The average Bonchev–Trinajstić information content (AvgIpc) is 3.47. The van der Waals surface area contributed by atoms with Gasteiger partial charge in [-0.05, 0) is 66.8 Å². The molecule has 0 atom stereocenters. The molecule has 1 saturated heterocycles. The van der Waals surface area contributed by atoms with Crippen molar-refractivity contribution in [3.8, 4) is 0 Å². The van der Waals surface area contributed by atoms with Crippen LogP contribution in [0.3, 0.4) is 0 Å². The molecular formula is C24H25N5O2S2. The molecule has 5 rings (SSSR count). The van der Waals surface area contributed by atoms with Crippen molar-refractivity contribution in [3.05, 3.63) is 71.5 Å². The van der Waals surface area contributed by atoms with E-state index in [9.17, 15) is 9.90 Å². The molecule has 2 aromatic carbocycles. The minimum absolute atomic E-state index is 0.00451. The molecule has 33 heavy (non-hydrogen) atoms. The molecule has 0 saturated carbocycles. The van der Waals surface area contributed by atoms with Crippen molar-refractivity contribution in [2.24, 2.45) is 7.05 Å². The van der Waals surface area contributed by atoms with Gasteiger partial charge in [-0.25, -0.2) is 4.98 Å². The lowest BCUT2D eigenvalue weighted by Gasteiger charge is -2.38. The number of aliphatic hydroxyl groups is 1. The van der Waals surface area contributed by atoms with Gasteiger partial charge in [0.05, 0.1) is 32.4 Å². The van der Waals surface area contributed by atoms with Crippen LogP contribution in [-0.4, -0.2) is 49.4 Å². The highest BCUT2D eigenvalue weighted by Gasteiger charge is 2.34. The molecule has 1 fully saturated rings. The summed E-state index contributed by atoms with van der Waals surface area (Å²) in [6.07, 6.45) is 5.41. The number of amides is 1. The van der Waals surface area contributed by atoms with E-state index in [1.807, 2.05) is 60.1 Å². The van der Waals surface area contributed by atoms with E-state index in [1.54, 1.807) is 22.2 Å². The van der Waals surface area contributed by atoms with Crippen LogP contribution in [0.5, 0.6) is 0 Å². The van der Waals surface area contributed by atoms with Gasteiger partial charge in [-0.1, -0.05) is 6.07 Å². The quantitative estimate of drug-likeness (QED) is 0.400. The van der Waals surface area contributed by atoms with Crippen molar-refractivity contribution in [2.45, 2.75) is 29.8 Å². The normalized spacial score (nSPS) is 15.6. The average molecular weight is 480 g/mol. The van der Waals surface area contributed by atoms with Crippen LogP contribution in [0, 0.1) is 0 Å². The topological polar surface area (TPSA) is 83.3 Å². The summed E-state index contributed by atoms with van der Waals surface area (Å²) in [7, 11) is 1.87. The largest absolute Gasteiger partial charge is 0.389 e. The molecule has 4 aromatic rings.